The van der Waals surface area contributed by atoms with Crippen LogP contribution >= 0.6 is 22.6 Å². The first-order chi connectivity index (χ1) is 10.3. The van der Waals surface area contributed by atoms with Gasteiger partial charge in [-0.05, 0) is 46.9 Å². The topological polar surface area (TPSA) is 84.4 Å². The van der Waals surface area contributed by atoms with E-state index in [1.54, 1.807) is 43.3 Å². The van der Waals surface area contributed by atoms with Crippen molar-refractivity contribution in [2.24, 2.45) is 0 Å². The van der Waals surface area contributed by atoms with E-state index in [9.17, 15) is 8.42 Å². The molecule has 9 heteroatoms. The smallest absolute Gasteiger partial charge is 0.318 e. The van der Waals surface area contributed by atoms with Gasteiger partial charge >= 0.3 is 6.01 Å². The van der Waals surface area contributed by atoms with Gasteiger partial charge in [0.2, 0.25) is 0 Å². The average Bonchev–Trinajstić information content (AvgIpc) is 2.47. The largest absolute Gasteiger partial charge is 0.467 e. The highest BCUT2D eigenvalue weighted by Crippen LogP contribution is 2.25. The Hall–Kier alpha value is -1.62. The number of nitrogens with zero attached hydrogens (tertiary/aromatic N) is 3. The standard InChI is InChI=1S/C13H15IN4O3S/c1-18(2)12-11(8-15-13(16-12)21-3)17-22(19,20)10-6-4-9(14)5-7-10/h4-8,17H,1-3H3. The summed E-state index contributed by atoms with van der Waals surface area (Å²) in [6, 6.07) is 6.72. The number of rotatable bonds is 5. The van der Waals surface area contributed by atoms with Crippen molar-refractivity contribution in [3.05, 3.63) is 34.0 Å². The zero-order valence-corrected chi connectivity index (χ0v) is 15.2. The maximum absolute atomic E-state index is 12.4. The van der Waals surface area contributed by atoms with E-state index >= 15 is 0 Å². The number of hydrogen-bond acceptors (Lipinski definition) is 6. The number of methoxy groups -OCH3 is 1. The minimum atomic E-state index is -3.71. The van der Waals surface area contributed by atoms with Crippen molar-refractivity contribution in [2.75, 3.05) is 30.8 Å². The number of sulfonamides is 1. The molecule has 1 heterocycles. The molecule has 22 heavy (non-hydrogen) atoms. The number of benzene rings is 1. The molecule has 7 nitrogen and oxygen atoms in total. The zero-order chi connectivity index (χ0) is 16.3. The zero-order valence-electron chi connectivity index (χ0n) is 12.2. The minimum absolute atomic E-state index is 0.168. The molecule has 0 fully saturated rings. The highest BCUT2D eigenvalue weighted by atomic mass is 127. The average molecular weight is 434 g/mol. The van der Waals surface area contributed by atoms with Gasteiger partial charge in [0.1, 0.15) is 5.69 Å². The van der Waals surface area contributed by atoms with Crippen LogP contribution in [0.5, 0.6) is 6.01 Å². The van der Waals surface area contributed by atoms with Gasteiger partial charge in [-0.1, -0.05) is 0 Å². The molecule has 0 amide bonds. The van der Waals surface area contributed by atoms with Gasteiger partial charge in [0.05, 0.1) is 18.2 Å². The highest BCUT2D eigenvalue weighted by Gasteiger charge is 2.18. The molecule has 2 rings (SSSR count). The van der Waals surface area contributed by atoms with Crippen LogP contribution in [0, 0.1) is 3.57 Å². The van der Waals surface area contributed by atoms with Gasteiger partial charge < -0.3 is 9.64 Å². The molecule has 0 saturated heterocycles. The van der Waals surface area contributed by atoms with Crippen molar-refractivity contribution in [1.29, 1.82) is 0 Å². The van der Waals surface area contributed by atoms with Crippen molar-refractivity contribution >= 4 is 44.1 Å². The van der Waals surface area contributed by atoms with Crippen molar-refractivity contribution in [3.63, 3.8) is 0 Å². The highest BCUT2D eigenvalue weighted by molar-refractivity contribution is 14.1. The maximum Gasteiger partial charge on any atom is 0.318 e. The monoisotopic (exact) mass is 434 g/mol. The number of aromatic nitrogens is 2. The fourth-order valence-corrected chi connectivity index (χ4v) is 3.09. The molecule has 1 aromatic carbocycles. The van der Waals surface area contributed by atoms with E-state index in [1.807, 2.05) is 0 Å². The predicted octanol–water partition coefficient (Wildman–Crippen LogP) is 1.96. The van der Waals surface area contributed by atoms with E-state index in [2.05, 4.69) is 37.3 Å². The summed E-state index contributed by atoms with van der Waals surface area (Å²) in [5, 5.41) is 0. The summed E-state index contributed by atoms with van der Waals surface area (Å²) >= 11 is 2.11. The number of ether oxygens (including phenoxy) is 1. The van der Waals surface area contributed by atoms with Crippen LogP contribution in [0.3, 0.4) is 0 Å². The lowest BCUT2D eigenvalue weighted by atomic mass is 10.4. The van der Waals surface area contributed by atoms with Gasteiger partial charge in [0.25, 0.3) is 10.0 Å². The normalized spacial score (nSPS) is 11.1. The number of nitrogens with one attached hydrogen (secondary N) is 1. The Labute approximate surface area is 142 Å². The lowest BCUT2D eigenvalue weighted by Crippen LogP contribution is -2.19. The quantitative estimate of drug-likeness (QED) is 0.725. The van der Waals surface area contributed by atoms with Crippen LogP contribution in [-0.4, -0.2) is 39.6 Å². The summed E-state index contributed by atoms with van der Waals surface area (Å²) in [6.45, 7) is 0. The third-order valence-electron chi connectivity index (χ3n) is 2.72. The molecule has 2 aromatic rings. The van der Waals surface area contributed by atoms with Gasteiger partial charge in [-0.2, -0.15) is 4.98 Å². The predicted molar refractivity (Wildman–Crippen MR) is 92.9 cm³/mol. The third-order valence-corrected chi connectivity index (χ3v) is 4.82. The van der Waals surface area contributed by atoms with E-state index in [-0.39, 0.29) is 16.6 Å². The molecule has 0 saturated carbocycles. The first-order valence-corrected chi connectivity index (χ1v) is 8.76. The van der Waals surface area contributed by atoms with Gasteiger partial charge in [0, 0.05) is 17.7 Å². The summed E-state index contributed by atoms with van der Waals surface area (Å²) < 4.78 is 33.3. The van der Waals surface area contributed by atoms with E-state index in [4.69, 9.17) is 4.74 Å². The first-order valence-electron chi connectivity index (χ1n) is 6.20. The summed E-state index contributed by atoms with van der Waals surface area (Å²) in [5.41, 5.74) is 0.282. The Kier molecular flexibility index (Phi) is 5.06. The fraction of sp³-hybridized carbons (Fsp3) is 0.231. The molecule has 0 bridgehead atoms. The van der Waals surface area contributed by atoms with Crippen LogP contribution in [0.25, 0.3) is 0 Å². The fourth-order valence-electron chi connectivity index (χ4n) is 1.69. The van der Waals surface area contributed by atoms with Gasteiger partial charge in [-0.15, -0.1) is 0 Å². The molecule has 0 spiro atoms. The first kappa shape index (κ1) is 16.7. The summed E-state index contributed by atoms with van der Waals surface area (Å²) in [7, 11) is 1.25. The minimum Gasteiger partial charge on any atom is -0.467 e. The Morgan fingerprint density at radius 2 is 1.86 bits per heavy atom. The SMILES string of the molecule is COc1ncc(NS(=O)(=O)c2ccc(I)cc2)c(N(C)C)n1. The lowest BCUT2D eigenvalue weighted by molar-refractivity contribution is 0.380. The lowest BCUT2D eigenvalue weighted by Gasteiger charge is -2.17. The molecule has 1 N–H and O–H groups in total. The molecule has 0 atom stereocenters. The molecule has 0 aliphatic rings. The third kappa shape index (κ3) is 3.77. The Bertz CT molecular complexity index is 763. The van der Waals surface area contributed by atoms with Crippen LogP contribution in [0.15, 0.2) is 35.4 Å². The van der Waals surface area contributed by atoms with Crippen LogP contribution in [0.4, 0.5) is 11.5 Å². The molecule has 0 aliphatic heterocycles. The molecule has 0 unspecified atom stereocenters. The van der Waals surface area contributed by atoms with Gasteiger partial charge in [0.15, 0.2) is 5.82 Å². The van der Waals surface area contributed by atoms with Gasteiger partial charge in [-0.3, -0.25) is 4.72 Å². The molecular formula is C13H15IN4O3S. The van der Waals surface area contributed by atoms with E-state index < -0.39 is 10.0 Å². The van der Waals surface area contributed by atoms with Crippen molar-refractivity contribution in [2.45, 2.75) is 4.90 Å². The van der Waals surface area contributed by atoms with E-state index in [1.165, 1.54) is 13.3 Å². The Morgan fingerprint density at radius 1 is 1.23 bits per heavy atom. The summed E-state index contributed by atoms with van der Waals surface area (Å²) in [6.07, 6.45) is 1.38. The second-order valence-corrected chi connectivity index (χ2v) is 7.48. The number of hydrogen-bond donors (Lipinski definition) is 1. The molecule has 0 radical (unpaired) electrons. The molecular weight excluding hydrogens is 419 g/mol. The summed E-state index contributed by atoms with van der Waals surface area (Å²) in [5.74, 6) is 0.418. The van der Waals surface area contributed by atoms with Crippen molar-refractivity contribution in [3.8, 4) is 6.01 Å². The number of halogens is 1. The molecule has 1 aromatic heterocycles. The van der Waals surface area contributed by atoms with Crippen LogP contribution < -0.4 is 14.4 Å². The number of anilines is 2. The van der Waals surface area contributed by atoms with E-state index in [0.717, 1.165) is 3.57 Å². The molecule has 0 aliphatic carbocycles. The van der Waals surface area contributed by atoms with Crippen LogP contribution in [0.1, 0.15) is 0 Å². The Morgan fingerprint density at radius 3 is 2.41 bits per heavy atom. The summed E-state index contributed by atoms with van der Waals surface area (Å²) in [4.78, 5) is 9.94. The molecule has 118 valence electrons. The van der Waals surface area contributed by atoms with E-state index in [0.29, 0.717) is 5.82 Å². The maximum atomic E-state index is 12.4. The van der Waals surface area contributed by atoms with Crippen LogP contribution in [-0.2, 0) is 10.0 Å². The second-order valence-electron chi connectivity index (χ2n) is 4.55. The van der Waals surface area contributed by atoms with Crippen molar-refractivity contribution in [1.82, 2.24) is 9.97 Å². The van der Waals surface area contributed by atoms with Gasteiger partial charge in [-0.25, -0.2) is 13.4 Å². The second kappa shape index (κ2) is 6.65. The van der Waals surface area contributed by atoms with Crippen molar-refractivity contribution < 1.29 is 13.2 Å². The van der Waals surface area contributed by atoms with Crippen LogP contribution in [0.2, 0.25) is 0 Å². The Balaban J connectivity index is 2.39.